The van der Waals surface area contributed by atoms with Gasteiger partial charge in [-0.25, -0.2) is 0 Å². The Bertz CT molecular complexity index is 176. The van der Waals surface area contributed by atoms with Crippen molar-refractivity contribution in [2.24, 2.45) is 0 Å². The van der Waals surface area contributed by atoms with Crippen LogP contribution in [0.3, 0.4) is 0 Å². The van der Waals surface area contributed by atoms with Crippen molar-refractivity contribution in [1.29, 1.82) is 0 Å². The van der Waals surface area contributed by atoms with Crippen molar-refractivity contribution in [3.05, 3.63) is 12.2 Å². The number of aromatic nitrogens is 2. The van der Waals surface area contributed by atoms with Crippen LogP contribution in [-0.4, -0.2) is 10.1 Å². The van der Waals surface area contributed by atoms with E-state index >= 15 is 0 Å². The zero-order chi connectivity index (χ0) is 7.40. The number of nitrogens with zero attached hydrogens (tertiary/aromatic N) is 2. The van der Waals surface area contributed by atoms with Gasteiger partial charge in [0.05, 0.1) is 5.25 Å². The van der Waals surface area contributed by atoms with Crippen LogP contribution in [0.15, 0.2) is 10.9 Å². The van der Waals surface area contributed by atoms with Crippen LogP contribution < -0.4 is 0 Å². The second kappa shape index (κ2) is 3.61. The Morgan fingerprint density at radius 1 is 1.80 bits per heavy atom. The van der Waals surface area contributed by atoms with Crippen LogP contribution in [0, 0.1) is 0 Å². The molecule has 0 fully saturated rings. The molecule has 0 N–H and O–H groups in total. The Hall–Kier alpha value is -0.510. The molecule has 0 bridgehead atoms. The summed E-state index contributed by atoms with van der Waals surface area (Å²) in [5, 5.41) is 3.80. The molecule has 56 valence electrons. The van der Waals surface area contributed by atoms with Gasteiger partial charge in [-0.3, -0.25) is 0 Å². The highest BCUT2D eigenvalue weighted by Gasteiger charge is 2.08. The number of hydrogen-bond acceptors (Lipinski definition) is 4. The SMILES string of the molecule is CCCC(S)c1ncon1. The summed E-state index contributed by atoms with van der Waals surface area (Å²) in [5.41, 5.74) is 0. The van der Waals surface area contributed by atoms with Crippen molar-refractivity contribution in [2.45, 2.75) is 25.0 Å². The van der Waals surface area contributed by atoms with Crippen molar-refractivity contribution in [1.82, 2.24) is 10.1 Å². The fourth-order valence-corrected chi connectivity index (χ4v) is 1.10. The average Bonchev–Trinajstić information content (AvgIpc) is 2.38. The Balaban J connectivity index is 2.50. The van der Waals surface area contributed by atoms with Gasteiger partial charge < -0.3 is 4.52 Å². The third-order valence-corrected chi connectivity index (χ3v) is 1.73. The van der Waals surface area contributed by atoms with Crippen LogP contribution in [-0.2, 0) is 0 Å². The van der Waals surface area contributed by atoms with E-state index in [2.05, 4.69) is 34.2 Å². The molecule has 1 heterocycles. The van der Waals surface area contributed by atoms with E-state index in [0.717, 1.165) is 12.8 Å². The van der Waals surface area contributed by atoms with Gasteiger partial charge in [0.25, 0.3) is 0 Å². The third kappa shape index (κ3) is 1.73. The van der Waals surface area contributed by atoms with Gasteiger partial charge in [0.15, 0.2) is 5.82 Å². The molecule has 1 atom stereocenters. The second-order valence-electron chi connectivity index (χ2n) is 2.09. The highest BCUT2D eigenvalue weighted by molar-refractivity contribution is 7.80. The fraction of sp³-hybridized carbons (Fsp3) is 0.667. The first-order valence-electron chi connectivity index (χ1n) is 3.29. The van der Waals surface area contributed by atoms with Gasteiger partial charge in [0.1, 0.15) is 0 Å². The van der Waals surface area contributed by atoms with Gasteiger partial charge in [0, 0.05) is 0 Å². The standard InChI is InChI=1S/C6H10N2OS/c1-2-3-5(10)6-7-4-9-8-6/h4-5,10H,2-3H2,1H3. The van der Waals surface area contributed by atoms with Crippen LogP contribution in [0.5, 0.6) is 0 Å². The lowest BCUT2D eigenvalue weighted by Crippen LogP contribution is -1.91. The summed E-state index contributed by atoms with van der Waals surface area (Å²) in [6.07, 6.45) is 3.40. The van der Waals surface area contributed by atoms with E-state index in [1.54, 1.807) is 0 Å². The van der Waals surface area contributed by atoms with E-state index < -0.39 is 0 Å². The minimum Gasteiger partial charge on any atom is -0.343 e. The highest BCUT2D eigenvalue weighted by atomic mass is 32.1. The molecule has 3 nitrogen and oxygen atoms in total. The summed E-state index contributed by atoms with van der Waals surface area (Å²) in [5.74, 6) is 0.685. The molecule has 0 saturated carbocycles. The lowest BCUT2D eigenvalue weighted by Gasteiger charge is -2.00. The largest absolute Gasteiger partial charge is 0.343 e. The van der Waals surface area contributed by atoms with Gasteiger partial charge in [-0.05, 0) is 6.42 Å². The summed E-state index contributed by atoms with van der Waals surface area (Å²) in [6, 6.07) is 0. The first-order valence-corrected chi connectivity index (χ1v) is 3.80. The molecule has 1 aromatic heterocycles. The van der Waals surface area contributed by atoms with Crippen LogP contribution in [0.1, 0.15) is 30.8 Å². The summed E-state index contributed by atoms with van der Waals surface area (Å²) >= 11 is 4.28. The maximum atomic E-state index is 4.57. The summed E-state index contributed by atoms with van der Waals surface area (Å²) in [4.78, 5) is 3.88. The predicted octanol–water partition coefficient (Wildman–Crippen LogP) is 1.84. The van der Waals surface area contributed by atoms with Gasteiger partial charge in [-0.15, -0.1) is 0 Å². The molecule has 0 saturated heterocycles. The number of hydrogen-bond donors (Lipinski definition) is 1. The van der Waals surface area contributed by atoms with Gasteiger partial charge in [0.2, 0.25) is 6.39 Å². The van der Waals surface area contributed by atoms with E-state index in [-0.39, 0.29) is 5.25 Å². The predicted molar refractivity (Wildman–Crippen MR) is 40.9 cm³/mol. The monoisotopic (exact) mass is 158 g/mol. The molecule has 0 aliphatic heterocycles. The van der Waals surface area contributed by atoms with E-state index in [4.69, 9.17) is 0 Å². The Labute approximate surface area is 65.2 Å². The molecule has 0 aromatic carbocycles. The Morgan fingerprint density at radius 3 is 3.10 bits per heavy atom. The van der Waals surface area contributed by atoms with Crippen molar-refractivity contribution in [3.63, 3.8) is 0 Å². The lowest BCUT2D eigenvalue weighted by molar-refractivity contribution is 0.408. The maximum absolute atomic E-state index is 4.57. The molecule has 1 unspecified atom stereocenters. The quantitative estimate of drug-likeness (QED) is 0.682. The molecule has 1 rings (SSSR count). The minimum atomic E-state index is 0.128. The van der Waals surface area contributed by atoms with Gasteiger partial charge in [-0.2, -0.15) is 17.6 Å². The first-order chi connectivity index (χ1) is 4.84. The van der Waals surface area contributed by atoms with Crippen LogP contribution >= 0.6 is 12.6 Å². The first kappa shape index (κ1) is 7.60. The molecule has 0 amide bonds. The highest BCUT2D eigenvalue weighted by Crippen LogP contribution is 2.20. The minimum absolute atomic E-state index is 0.128. The van der Waals surface area contributed by atoms with Gasteiger partial charge >= 0.3 is 0 Å². The zero-order valence-corrected chi connectivity index (χ0v) is 6.71. The van der Waals surface area contributed by atoms with Crippen molar-refractivity contribution >= 4 is 12.6 Å². The molecule has 0 radical (unpaired) electrons. The average molecular weight is 158 g/mol. The summed E-state index contributed by atoms with van der Waals surface area (Å²) in [7, 11) is 0. The smallest absolute Gasteiger partial charge is 0.213 e. The van der Waals surface area contributed by atoms with E-state index in [1.165, 1.54) is 6.39 Å². The number of rotatable bonds is 3. The summed E-state index contributed by atoms with van der Waals surface area (Å²) < 4.78 is 4.57. The van der Waals surface area contributed by atoms with Crippen LogP contribution in [0.25, 0.3) is 0 Å². The van der Waals surface area contributed by atoms with Crippen molar-refractivity contribution in [2.75, 3.05) is 0 Å². The molecule has 1 aromatic rings. The Kier molecular flexibility index (Phi) is 2.74. The molecule has 0 aliphatic carbocycles. The van der Waals surface area contributed by atoms with E-state index in [1.807, 2.05) is 0 Å². The topological polar surface area (TPSA) is 38.9 Å². The Morgan fingerprint density at radius 2 is 2.60 bits per heavy atom. The molecular formula is C6H10N2OS. The lowest BCUT2D eigenvalue weighted by atomic mass is 10.2. The molecular weight excluding hydrogens is 148 g/mol. The maximum Gasteiger partial charge on any atom is 0.213 e. The van der Waals surface area contributed by atoms with E-state index in [9.17, 15) is 0 Å². The van der Waals surface area contributed by atoms with Gasteiger partial charge in [-0.1, -0.05) is 18.5 Å². The number of thiol groups is 1. The fourth-order valence-electron chi connectivity index (χ4n) is 0.728. The van der Waals surface area contributed by atoms with Crippen LogP contribution in [0.4, 0.5) is 0 Å². The molecule has 4 heteroatoms. The van der Waals surface area contributed by atoms with Crippen molar-refractivity contribution in [3.8, 4) is 0 Å². The van der Waals surface area contributed by atoms with E-state index in [0.29, 0.717) is 5.82 Å². The zero-order valence-electron chi connectivity index (χ0n) is 5.82. The molecule has 0 spiro atoms. The normalized spacial score (nSPS) is 13.4. The second-order valence-corrected chi connectivity index (χ2v) is 2.72. The molecule has 10 heavy (non-hydrogen) atoms. The van der Waals surface area contributed by atoms with Crippen LogP contribution in [0.2, 0.25) is 0 Å². The molecule has 0 aliphatic rings. The summed E-state index contributed by atoms with van der Waals surface area (Å²) in [6.45, 7) is 2.10. The third-order valence-electron chi connectivity index (χ3n) is 1.24. The van der Waals surface area contributed by atoms with Crippen molar-refractivity contribution < 1.29 is 4.52 Å².